The van der Waals surface area contributed by atoms with E-state index in [-0.39, 0.29) is 5.91 Å². The van der Waals surface area contributed by atoms with E-state index in [0.29, 0.717) is 17.7 Å². The summed E-state index contributed by atoms with van der Waals surface area (Å²) in [5, 5.41) is 2.66. The zero-order valence-electron chi connectivity index (χ0n) is 11.0. The second kappa shape index (κ2) is 7.68. The van der Waals surface area contributed by atoms with Gasteiger partial charge in [0.2, 0.25) is 0 Å². The first-order chi connectivity index (χ1) is 9.08. The number of carbonyl (C=O) groups is 2. The number of nitrogen functional groups attached to an aromatic ring is 1. The zero-order valence-corrected chi connectivity index (χ0v) is 11.8. The number of hydrogen-bond donors (Lipinski definition) is 2. The van der Waals surface area contributed by atoms with Crippen molar-refractivity contribution in [3.05, 3.63) is 29.8 Å². The summed E-state index contributed by atoms with van der Waals surface area (Å²) in [5.41, 5.74) is 6.55. The van der Waals surface area contributed by atoms with E-state index in [0.717, 1.165) is 5.75 Å². The first-order valence-electron chi connectivity index (χ1n) is 5.81. The van der Waals surface area contributed by atoms with Crippen molar-refractivity contribution in [1.82, 2.24) is 5.32 Å². The molecule has 0 aliphatic rings. The van der Waals surface area contributed by atoms with E-state index in [2.05, 4.69) is 10.1 Å². The van der Waals surface area contributed by atoms with Crippen LogP contribution in [0.4, 0.5) is 5.69 Å². The van der Waals surface area contributed by atoms with Gasteiger partial charge in [-0.2, -0.15) is 11.8 Å². The van der Waals surface area contributed by atoms with E-state index in [1.165, 1.54) is 7.11 Å². The third-order valence-electron chi connectivity index (χ3n) is 2.55. The third kappa shape index (κ3) is 4.82. The average molecular weight is 282 g/mol. The number of hydrogen-bond acceptors (Lipinski definition) is 5. The first-order valence-corrected chi connectivity index (χ1v) is 7.21. The van der Waals surface area contributed by atoms with Crippen LogP contribution in [0.2, 0.25) is 0 Å². The highest BCUT2D eigenvalue weighted by molar-refractivity contribution is 7.98. The molecule has 0 heterocycles. The number of esters is 1. The molecule has 1 aromatic carbocycles. The minimum atomic E-state index is -0.633. The monoisotopic (exact) mass is 282 g/mol. The number of anilines is 1. The van der Waals surface area contributed by atoms with Gasteiger partial charge in [0.1, 0.15) is 6.04 Å². The molecule has 1 atom stereocenters. The summed E-state index contributed by atoms with van der Waals surface area (Å²) in [6.07, 6.45) is 2.47. The minimum Gasteiger partial charge on any atom is -0.467 e. The lowest BCUT2D eigenvalue weighted by Gasteiger charge is -2.16. The summed E-state index contributed by atoms with van der Waals surface area (Å²) >= 11 is 1.60. The number of methoxy groups -OCH3 is 1. The van der Waals surface area contributed by atoms with Crippen LogP contribution in [0.5, 0.6) is 0 Å². The number of benzene rings is 1. The van der Waals surface area contributed by atoms with Crippen molar-refractivity contribution in [2.45, 2.75) is 12.5 Å². The standard InChI is InChI=1S/C13H18N2O3S/c1-18-13(17)11(6-7-19-2)15-12(16)9-4-3-5-10(14)8-9/h3-5,8,11H,6-7,14H2,1-2H3,(H,15,16)/t11-/m0/s1. The quantitative estimate of drug-likeness (QED) is 0.607. The number of ether oxygens (including phenoxy) is 1. The van der Waals surface area contributed by atoms with Crippen LogP contribution in [0.25, 0.3) is 0 Å². The number of nitrogens with two attached hydrogens (primary N) is 1. The fourth-order valence-corrected chi connectivity index (χ4v) is 2.02. The van der Waals surface area contributed by atoms with Crippen LogP contribution >= 0.6 is 11.8 Å². The van der Waals surface area contributed by atoms with Gasteiger partial charge >= 0.3 is 5.97 Å². The van der Waals surface area contributed by atoms with Gasteiger partial charge in [0, 0.05) is 11.3 Å². The van der Waals surface area contributed by atoms with Crippen LogP contribution < -0.4 is 11.1 Å². The van der Waals surface area contributed by atoms with Crippen LogP contribution in [-0.2, 0) is 9.53 Å². The van der Waals surface area contributed by atoms with Crippen LogP contribution in [0, 0.1) is 0 Å². The van der Waals surface area contributed by atoms with Gasteiger partial charge in [-0.05, 0) is 36.6 Å². The lowest BCUT2D eigenvalue weighted by Crippen LogP contribution is -2.41. The molecular formula is C13H18N2O3S. The molecule has 0 aliphatic carbocycles. The second-order valence-corrected chi connectivity index (χ2v) is 4.94. The van der Waals surface area contributed by atoms with Gasteiger partial charge in [0.25, 0.3) is 5.91 Å². The molecular weight excluding hydrogens is 264 g/mol. The average Bonchev–Trinajstić information content (AvgIpc) is 2.42. The molecule has 0 saturated carbocycles. The SMILES string of the molecule is COC(=O)[C@H](CCSC)NC(=O)c1cccc(N)c1. The van der Waals surface area contributed by atoms with Gasteiger partial charge in [0.05, 0.1) is 7.11 Å². The van der Waals surface area contributed by atoms with E-state index in [4.69, 9.17) is 5.73 Å². The zero-order chi connectivity index (χ0) is 14.3. The van der Waals surface area contributed by atoms with Crippen molar-refractivity contribution in [1.29, 1.82) is 0 Å². The van der Waals surface area contributed by atoms with Crippen molar-refractivity contribution in [3.63, 3.8) is 0 Å². The van der Waals surface area contributed by atoms with E-state index in [9.17, 15) is 9.59 Å². The third-order valence-corrected chi connectivity index (χ3v) is 3.19. The van der Waals surface area contributed by atoms with Gasteiger partial charge in [0.15, 0.2) is 0 Å². The predicted octanol–water partition coefficient (Wildman–Crippen LogP) is 1.29. The lowest BCUT2D eigenvalue weighted by atomic mass is 10.1. The summed E-state index contributed by atoms with van der Waals surface area (Å²) in [6.45, 7) is 0. The van der Waals surface area contributed by atoms with Crippen molar-refractivity contribution in [2.75, 3.05) is 24.9 Å². The van der Waals surface area contributed by atoms with Crippen LogP contribution in [-0.4, -0.2) is 37.0 Å². The second-order valence-electron chi connectivity index (χ2n) is 3.96. The van der Waals surface area contributed by atoms with Gasteiger partial charge in [-0.15, -0.1) is 0 Å². The number of nitrogens with one attached hydrogen (secondary N) is 1. The van der Waals surface area contributed by atoms with Crippen molar-refractivity contribution in [3.8, 4) is 0 Å². The van der Waals surface area contributed by atoms with Gasteiger partial charge in [-0.3, -0.25) is 4.79 Å². The molecule has 1 amide bonds. The molecule has 0 fully saturated rings. The topological polar surface area (TPSA) is 81.4 Å². The fraction of sp³-hybridized carbons (Fsp3) is 0.385. The van der Waals surface area contributed by atoms with Gasteiger partial charge in [-0.1, -0.05) is 6.07 Å². The molecule has 1 rings (SSSR count). The Bertz CT molecular complexity index is 451. The molecule has 0 spiro atoms. The Hall–Kier alpha value is -1.69. The van der Waals surface area contributed by atoms with E-state index < -0.39 is 12.0 Å². The van der Waals surface area contributed by atoms with Crippen molar-refractivity contribution < 1.29 is 14.3 Å². The Morgan fingerprint density at radius 3 is 2.79 bits per heavy atom. The number of amides is 1. The Labute approximate surface area is 116 Å². The molecule has 1 aromatic rings. The molecule has 3 N–H and O–H groups in total. The summed E-state index contributed by atoms with van der Waals surface area (Å²) < 4.78 is 4.68. The largest absolute Gasteiger partial charge is 0.467 e. The molecule has 0 aromatic heterocycles. The van der Waals surface area contributed by atoms with Crippen LogP contribution in [0.15, 0.2) is 24.3 Å². The molecule has 0 unspecified atom stereocenters. The molecule has 0 bridgehead atoms. The summed E-state index contributed by atoms with van der Waals surface area (Å²) in [5.74, 6) is -0.00753. The summed E-state index contributed by atoms with van der Waals surface area (Å²) in [7, 11) is 1.31. The van der Waals surface area contributed by atoms with Gasteiger partial charge < -0.3 is 15.8 Å². The maximum absolute atomic E-state index is 12.0. The molecule has 0 saturated heterocycles. The highest BCUT2D eigenvalue weighted by atomic mass is 32.2. The molecule has 0 aliphatic heterocycles. The lowest BCUT2D eigenvalue weighted by molar-refractivity contribution is -0.142. The Morgan fingerprint density at radius 1 is 1.47 bits per heavy atom. The molecule has 6 heteroatoms. The Kier molecular flexibility index (Phi) is 6.21. The maximum Gasteiger partial charge on any atom is 0.328 e. The summed E-state index contributed by atoms with van der Waals surface area (Å²) in [6, 6.07) is 5.97. The highest BCUT2D eigenvalue weighted by Gasteiger charge is 2.21. The van der Waals surface area contributed by atoms with E-state index in [1.54, 1.807) is 36.0 Å². The number of carbonyl (C=O) groups excluding carboxylic acids is 2. The fourth-order valence-electron chi connectivity index (χ4n) is 1.55. The molecule has 19 heavy (non-hydrogen) atoms. The van der Waals surface area contributed by atoms with Crippen LogP contribution in [0.1, 0.15) is 16.8 Å². The summed E-state index contributed by atoms with van der Waals surface area (Å²) in [4.78, 5) is 23.6. The molecule has 5 nitrogen and oxygen atoms in total. The Morgan fingerprint density at radius 2 is 2.21 bits per heavy atom. The van der Waals surface area contributed by atoms with Crippen LogP contribution in [0.3, 0.4) is 0 Å². The maximum atomic E-state index is 12.0. The first kappa shape index (κ1) is 15.4. The molecule has 0 radical (unpaired) electrons. The smallest absolute Gasteiger partial charge is 0.328 e. The van der Waals surface area contributed by atoms with Crippen molar-refractivity contribution in [2.24, 2.45) is 0 Å². The normalized spacial score (nSPS) is 11.7. The van der Waals surface area contributed by atoms with Crippen molar-refractivity contribution >= 4 is 29.3 Å². The molecule has 104 valence electrons. The minimum absolute atomic E-state index is 0.330. The number of thioether (sulfide) groups is 1. The Balaban J connectivity index is 2.72. The van der Waals surface area contributed by atoms with E-state index in [1.807, 2.05) is 6.26 Å². The highest BCUT2D eigenvalue weighted by Crippen LogP contribution is 2.08. The van der Waals surface area contributed by atoms with Gasteiger partial charge in [-0.25, -0.2) is 4.79 Å². The van der Waals surface area contributed by atoms with E-state index >= 15 is 0 Å². The predicted molar refractivity (Wildman–Crippen MR) is 77.1 cm³/mol. The number of rotatable bonds is 6.